The van der Waals surface area contributed by atoms with E-state index in [0.29, 0.717) is 23.0 Å². The lowest BCUT2D eigenvalue weighted by molar-refractivity contribution is 0.112. The molecule has 1 heterocycles. The van der Waals surface area contributed by atoms with Crippen LogP contribution in [-0.4, -0.2) is 16.4 Å². The fraction of sp³-hybridized carbons (Fsp3) is 0.308. The van der Waals surface area contributed by atoms with Gasteiger partial charge in [-0.25, -0.2) is 0 Å². The molecule has 1 aromatic heterocycles. The van der Waals surface area contributed by atoms with Crippen molar-refractivity contribution in [1.29, 1.82) is 0 Å². The van der Waals surface area contributed by atoms with E-state index in [-0.39, 0.29) is 12.5 Å². The lowest BCUT2D eigenvalue weighted by atomic mass is 10.2. The van der Waals surface area contributed by atoms with Gasteiger partial charge in [0.25, 0.3) is 0 Å². The maximum Gasteiger partial charge on any atom is 0.229 e. The van der Waals surface area contributed by atoms with Gasteiger partial charge >= 0.3 is 0 Å². The zero-order valence-corrected chi connectivity index (χ0v) is 12.2. The Morgan fingerprint density at radius 3 is 2.89 bits per heavy atom. The quantitative estimate of drug-likeness (QED) is 0.789. The number of nitrogens with zero attached hydrogens (tertiary/aromatic N) is 2. The summed E-state index contributed by atoms with van der Waals surface area (Å²) in [5.74, 6) is 1.85. The lowest BCUT2D eigenvalue weighted by Crippen LogP contribution is -1.99. The number of ether oxygens (including phenoxy) is 1. The van der Waals surface area contributed by atoms with E-state index in [0.717, 1.165) is 10.8 Å². The molecule has 0 radical (unpaired) electrons. The predicted octanol–water partition coefficient (Wildman–Crippen LogP) is 3.35. The van der Waals surface area contributed by atoms with Gasteiger partial charge in [0.1, 0.15) is 5.75 Å². The molecular weight excluding hydrogens is 312 g/mol. The van der Waals surface area contributed by atoms with Gasteiger partial charge in [0.15, 0.2) is 12.9 Å². The fourth-order valence-corrected chi connectivity index (χ4v) is 1.75. The molecule has 0 bridgehead atoms. The number of aldehydes is 1. The average molecular weight is 325 g/mol. The molecule has 5 nitrogen and oxygen atoms in total. The highest BCUT2D eigenvalue weighted by Gasteiger charge is 2.10. The topological polar surface area (TPSA) is 65.2 Å². The van der Waals surface area contributed by atoms with Crippen molar-refractivity contribution in [3.05, 3.63) is 40.0 Å². The second kappa shape index (κ2) is 5.97. The molecule has 2 rings (SSSR count). The Morgan fingerprint density at radius 2 is 2.26 bits per heavy atom. The van der Waals surface area contributed by atoms with E-state index in [2.05, 4.69) is 26.1 Å². The summed E-state index contributed by atoms with van der Waals surface area (Å²) in [6, 6.07) is 5.18. The summed E-state index contributed by atoms with van der Waals surface area (Å²) >= 11 is 3.28. The Kier molecular flexibility index (Phi) is 4.31. The summed E-state index contributed by atoms with van der Waals surface area (Å²) in [6.07, 6.45) is 0.766. The Bertz CT molecular complexity index is 581. The van der Waals surface area contributed by atoms with Crippen LogP contribution in [0.15, 0.2) is 27.2 Å². The number of hydrogen-bond acceptors (Lipinski definition) is 5. The van der Waals surface area contributed by atoms with Gasteiger partial charge in [-0.15, -0.1) is 0 Å². The van der Waals surface area contributed by atoms with Crippen LogP contribution >= 0.6 is 15.9 Å². The van der Waals surface area contributed by atoms with Crippen LogP contribution in [0.25, 0.3) is 0 Å². The van der Waals surface area contributed by atoms with E-state index < -0.39 is 0 Å². The molecule has 0 aliphatic heterocycles. The predicted molar refractivity (Wildman–Crippen MR) is 72.2 cm³/mol. The SMILES string of the molecule is CC(C)c1nc(COc2ccc(Br)c(C=O)c2)no1. The molecule has 0 fully saturated rings. The van der Waals surface area contributed by atoms with Crippen molar-refractivity contribution < 1.29 is 14.1 Å². The summed E-state index contributed by atoms with van der Waals surface area (Å²) < 4.78 is 11.3. The van der Waals surface area contributed by atoms with Gasteiger partial charge in [0, 0.05) is 16.0 Å². The van der Waals surface area contributed by atoms with Crippen LogP contribution < -0.4 is 4.74 Å². The monoisotopic (exact) mass is 324 g/mol. The molecule has 0 saturated heterocycles. The van der Waals surface area contributed by atoms with Gasteiger partial charge in [-0.1, -0.05) is 34.9 Å². The molecule has 0 spiro atoms. The second-order valence-corrected chi connectivity index (χ2v) is 5.15. The normalized spacial score (nSPS) is 10.7. The third-order valence-electron chi connectivity index (χ3n) is 2.44. The third-order valence-corrected chi connectivity index (χ3v) is 3.16. The zero-order valence-electron chi connectivity index (χ0n) is 10.6. The molecule has 0 atom stereocenters. The van der Waals surface area contributed by atoms with E-state index in [4.69, 9.17) is 9.26 Å². The van der Waals surface area contributed by atoms with Gasteiger partial charge in [0.05, 0.1) is 0 Å². The summed E-state index contributed by atoms with van der Waals surface area (Å²) in [7, 11) is 0. The van der Waals surface area contributed by atoms with Crippen LogP contribution in [-0.2, 0) is 6.61 Å². The van der Waals surface area contributed by atoms with Gasteiger partial charge in [-0.05, 0) is 18.2 Å². The molecule has 6 heteroatoms. The van der Waals surface area contributed by atoms with Crippen molar-refractivity contribution in [3.8, 4) is 5.75 Å². The van der Waals surface area contributed by atoms with Crippen molar-refractivity contribution in [3.63, 3.8) is 0 Å². The van der Waals surface area contributed by atoms with Crippen LogP contribution in [0.4, 0.5) is 0 Å². The van der Waals surface area contributed by atoms with Crippen LogP contribution in [0.3, 0.4) is 0 Å². The highest BCUT2D eigenvalue weighted by molar-refractivity contribution is 9.10. The molecule has 19 heavy (non-hydrogen) atoms. The minimum Gasteiger partial charge on any atom is -0.485 e. The summed E-state index contributed by atoms with van der Waals surface area (Å²) in [6.45, 7) is 4.16. The van der Waals surface area contributed by atoms with Crippen LogP contribution in [0, 0.1) is 0 Å². The molecule has 100 valence electrons. The van der Waals surface area contributed by atoms with Crippen molar-refractivity contribution in [2.24, 2.45) is 0 Å². The van der Waals surface area contributed by atoms with Gasteiger partial charge in [-0.2, -0.15) is 4.98 Å². The number of halogens is 1. The second-order valence-electron chi connectivity index (χ2n) is 4.29. The van der Waals surface area contributed by atoms with Gasteiger partial charge < -0.3 is 9.26 Å². The van der Waals surface area contributed by atoms with Crippen LogP contribution in [0.5, 0.6) is 5.75 Å². The maximum atomic E-state index is 10.8. The molecule has 0 aliphatic carbocycles. The Hall–Kier alpha value is -1.69. The first-order valence-electron chi connectivity index (χ1n) is 5.80. The Morgan fingerprint density at radius 1 is 1.47 bits per heavy atom. The van der Waals surface area contributed by atoms with E-state index in [1.807, 2.05) is 13.8 Å². The zero-order chi connectivity index (χ0) is 13.8. The fourth-order valence-electron chi connectivity index (χ4n) is 1.41. The minimum absolute atomic E-state index is 0.190. The van der Waals surface area contributed by atoms with Crippen molar-refractivity contribution in [1.82, 2.24) is 10.1 Å². The molecule has 0 N–H and O–H groups in total. The smallest absolute Gasteiger partial charge is 0.229 e. The average Bonchev–Trinajstić information content (AvgIpc) is 2.87. The Balaban J connectivity index is 2.03. The third kappa shape index (κ3) is 3.41. The first-order valence-corrected chi connectivity index (χ1v) is 6.59. The number of carbonyl (C=O) groups is 1. The molecule has 0 saturated carbocycles. The molecule has 2 aromatic rings. The summed E-state index contributed by atoms with van der Waals surface area (Å²) in [5, 5.41) is 3.82. The number of rotatable bonds is 5. The van der Waals surface area contributed by atoms with E-state index in [1.165, 1.54) is 0 Å². The lowest BCUT2D eigenvalue weighted by Gasteiger charge is -2.04. The highest BCUT2D eigenvalue weighted by Crippen LogP contribution is 2.21. The molecular formula is C13H13BrN2O3. The van der Waals surface area contributed by atoms with Crippen molar-refractivity contribution >= 4 is 22.2 Å². The van der Waals surface area contributed by atoms with Crippen LogP contribution in [0.1, 0.15) is 41.8 Å². The van der Waals surface area contributed by atoms with E-state index in [1.54, 1.807) is 18.2 Å². The largest absolute Gasteiger partial charge is 0.485 e. The molecule has 0 amide bonds. The first-order chi connectivity index (χ1) is 9.10. The van der Waals surface area contributed by atoms with E-state index in [9.17, 15) is 4.79 Å². The van der Waals surface area contributed by atoms with E-state index >= 15 is 0 Å². The summed E-state index contributed by atoms with van der Waals surface area (Å²) in [4.78, 5) is 15.0. The standard InChI is InChI=1S/C13H13BrN2O3/c1-8(2)13-15-12(16-19-13)7-18-10-3-4-11(14)9(5-10)6-17/h3-6,8H,7H2,1-2H3. The van der Waals surface area contributed by atoms with Crippen molar-refractivity contribution in [2.45, 2.75) is 26.4 Å². The maximum absolute atomic E-state index is 10.8. The van der Waals surface area contributed by atoms with Crippen molar-refractivity contribution in [2.75, 3.05) is 0 Å². The molecule has 1 aromatic carbocycles. The Labute approximate surface area is 119 Å². The number of carbonyl (C=O) groups excluding carboxylic acids is 1. The van der Waals surface area contributed by atoms with Gasteiger partial charge in [-0.3, -0.25) is 4.79 Å². The van der Waals surface area contributed by atoms with Crippen LogP contribution in [0.2, 0.25) is 0 Å². The number of hydrogen-bond donors (Lipinski definition) is 0. The summed E-state index contributed by atoms with van der Waals surface area (Å²) in [5.41, 5.74) is 0.536. The minimum atomic E-state index is 0.190. The number of aromatic nitrogens is 2. The molecule has 0 unspecified atom stereocenters. The van der Waals surface area contributed by atoms with Gasteiger partial charge in [0.2, 0.25) is 11.7 Å². The number of benzene rings is 1. The first kappa shape index (κ1) is 13.7. The molecule has 0 aliphatic rings. The highest BCUT2D eigenvalue weighted by atomic mass is 79.9.